The number of alkyl halides is 3. The minimum atomic E-state index is -4.21. The van der Waals surface area contributed by atoms with Gasteiger partial charge in [0.2, 0.25) is 0 Å². The molecule has 0 fully saturated rings. The largest absolute Gasteiger partial charge is 0.493 e. The van der Waals surface area contributed by atoms with Gasteiger partial charge < -0.3 is 10.1 Å². The molecule has 0 saturated heterocycles. The third-order valence-corrected chi connectivity index (χ3v) is 3.35. The van der Waals surface area contributed by atoms with Crippen LogP contribution in [0.25, 0.3) is 0 Å². The van der Waals surface area contributed by atoms with Crippen LogP contribution in [0.4, 0.5) is 13.2 Å². The van der Waals surface area contributed by atoms with Gasteiger partial charge in [0.05, 0.1) is 6.61 Å². The van der Waals surface area contributed by atoms with Crippen molar-refractivity contribution in [2.24, 2.45) is 0 Å². The van der Waals surface area contributed by atoms with E-state index in [4.69, 9.17) is 4.74 Å². The number of hydrogen-bond donors (Lipinski definition) is 1. The van der Waals surface area contributed by atoms with E-state index in [9.17, 15) is 13.2 Å². The monoisotopic (exact) mass is 259 g/mol. The number of nitrogens with one attached hydrogen (secondary N) is 1. The van der Waals surface area contributed by atoms with Crippen molar-refractivity contribution in [3.8, 4) is 5.75 Å². The molecule has 1 heterocycles. The lowest BCUT2D eigenvalue weighted by molar-refractivity contribution is -0.157. The molecule has 1 aromatic rings. The van der Waals surface area contributed by atoms with Crippen molar-refractivity contribution in [1.29, 1.82) is 0 Å². The molecule has 2 rings (SSSR count). The first-order chi connectivity index (χ1) is 8.52. The number of hydrogen-bond acceptors (Lipinski definition) is 2. The van der Waals surface area contributed by atoms with Crippen molar-refractivity contribution in [2.75, 3.05) is 13.7 Å². The highest BCUT2D eigenvalue weighted by atomic mass is 19.4. The predicted molar refractivity (Wildman–Crippen MR) is 62.8 cm³/mol. The predicted octanol–water partition coefficient (Wildman–Crippen LogP) is 3.09. The minimum absolute atomic E-state index is 0.0559. The van der Waals surface area contributed by atoms with Gasteiger partial charge in [-0.15, -0.1) is 0 Å². The van der Waals surface area contributed by atoms with Crippen molar-refractivity contribution in [1.82, 2.24) is 5.32 Å². The zero-order valence-corrected chi connectivity index (χ0v) is 10.1. The summed E-state index contributed by atoms with van der Waals surface area (Å²) in [4.78, 5) is 0. The van der Waals surface area contributed by atoms with Crippen LogP contribution < -0.4 is 10.1 Å². The Morgan fingerprint density at radius 1 is 1.39 bits per heavy atom. The molecule has 2 nitrogen and oxygen atoms in total. The second-order valence-electron chi connectivity index (χ2n) is 4.49. The van der Waals surface area contributed by atoms with Gasteiger partial charge in [-0.05, 0) is 37.4 Å². The first kappa shape index (κ1) is 13.2. The fraction of sp³-hybridized carbons (Fsp3) is 0.538. The van der Waals surface area contributed by atoms with Gasteiger partial charge in [-0.3, -0.25) is 0 Å². The van der Waals surface area contributed by atoms with Gasteiger partial charge in [-0.25, -0.2) is 0 Å². The van der Waals surface area contributed by atoms with E-state index in [0.717, 1.165) is 5.56 Å². The third-order valence-electron chi connectivity index (χ3n) is 3.35. The number of rotatable bonds is 3. The molecule has 5 heteroatoms. The molecule has 0 radical (unpaired) electrons. The summed E-state index contributed by atoms with van der Waals surface area (Å²) < 4.78 is 43.7. The second kappa shape index (κ2) is 5.18. The normalized spacial score (nSPS) is 21.0. The fourth-order valence-electron chi connectivity index (χ4n) is 2.36. The van der Waals surface area contributed by atoms with E-state index in [0.29, 0.717) is 18.8 Å². The van der Waals surface area contributed by atoms with Crippen LogP contribution in [0.3, 0.4) is 0 Å². The maximum atomic E-state index is 12.8. The summed E-state index contributed by atoms with van der Waals surface area (Å²) in [6, 6.07) is 5.86. The van der Waals surface area contributed by atoms with Crippen LogP contribution in [-0.4, -0.2) is 25.9 Å². The van der Waals surface area contributed by atoms with E-state index in [1.54, 1.807) is 0 Å². The van der Waals surface area contributed by atoms with Crippen molar-refractivity contribution in [2.45, 2.75) is 31.0 Å². The summed E-state index contributed by atoms with van der Waals surface area (Å²) in [5, 5.41) is 2.35. The van der Waals surface area contributed by atoms with Crippen molar-refractivity contribution < 1.29 is 17.9 Å². The number of ether oxygens (including phenoxy) is 1. The number of benzene rings is 1. The molecule has 1 N–H and O–H groups in total. The van der Waals surface area contributed by atoms with E-state index in [1.165, 1.54) is 7.05 Å². The van der Waals surface area contributed by atoms with Crippen molar-refractivity contribution >= 4 is 0 Å². The molecule has 0 bridgehead atoms. The molecule has 2 unspecified atom stereocenters. The Labute approximate surface area is 104 Å². The Kier molecular flexibility index (Phi) is 3.80. The Bertz CT molecular complexity index is 405. The molecule has 18 heavy (non-hydrogen) atoms. The van der Waals surface area contributed by atoms with E-state index in [1.807, 2.05) is 24.3 Å². The third kappa shape index (κ3) is 2.77. The van der Waals surface area contributed by atoms with Gasteiger partial charge in [0, 0.05) is 0 Å². The summed E-state index contributed by atoms with van der Waals surface area (Å²) in [5.74, 6) is 0.611. The number of para-hydroxylation sites is 1. The highest BCUT2D eigenvalue weighted by Gasteiger charge is 2.40. The summed E-state index contributed by atoms with van der Waals surface area (Å²) in [6.45, 7) is 0.482. The summed E-state index contributed by atoms with van der Waals surface area (Å²) >= 11 is 0. The SMILES string of the molecule is CNC(CC1CCOc2ccccc21)C(F)(F)F. The van der Waals surface area contributed by atoms with Crippen LogP contribution >= 0.6 is 0 Å². The molecule has 1 aliphatic rings. The van der Waals surface area contributed by atoms with Crippen LogP contribution in [0, 0.1) is 0 Å². The Hall–Kier alpha value is -1.23. The van der Waals surface area contributed by atoms with Crippen LogP contribution in [0.5, 0.6) is 5.75 Å². The molecule has 0 amide bonds. The van der Waals surface area contributed by atoms with E-state index in [2.05, 4.69) is 5.32 Å². The molecule has 1 aromatic carbocycles. The minimum Gasteiger partial charge on any atom is -0.493 e. The maximum Gasteiger partial charge on any atom is 0.403 e. The van der Waals surface area contributed by atoms with Crippen LogP contribution in [-0.2, 0) is 0 Å². The van der Waals surface area contributed by atoms with E-state index in [-0.39, 0.29) is 12.3 Å². The van der Waals surface area contributed by atoms with Crippen molar-refractivity contribution in [3.05, 3.63) is 29.8 Å². The number of halogens is 3. The fourth-order valence-corrected chi connectivity index (χ4v) is 2.36. The average Bonchev–Trinajstić information content (AvgIpc) is 2.34. The van der Waals surface area contributed by atoms with Gasteiger partial charge in [0.1, 0.15) is 11.8 Å². The van der Waals surface area contributed by atoms with Crippen LogP contribution in [0.1, 0.15) is 24.3 Å². The highest BCUT2D eigenvalue weighted by Crippen LogP contribution is 2.38. The molecule has 100 valence electrons. The van der Waals surface area contributed by atoms with E-state index >= 15 is 0 Å². The lowest BCUT2D eigenvalue weighted by atomic mass is 9.87. The maximum absolute atomic E-state index is 12.8. The zero-order chi connectivity index (χ0) is 13.2. The van der Waals surface area contributed by atoms with E-state index < -0.39 is 12.2 Å². The lowest BCUT2D eigenvalue weighted by Gasteiger charge is -2.29. The topological polar surface area (TPSA) is 21.3 Å². The van der Waals surface area contributed by atoms with Crippen LogP contribution in [0.2, 0.25) is 0 Å². The van der Waals surface area contributed by atoms with Gasteiger partial charge in [0.15, 0.2) is 0 Å². The van der Waals surface area contributed by atoms with Gasteiger partial charge in [0.25, 0.3) is 0 Å². The lowest BCUT2D eigenvalue weighted by Crippen LogP contribution is -2.41. The van der Waals surface area contributed by atoms with Gasteiger partial charge in [-0.1, -0.05) is 18.2 Å². The van der Waals surface area contributed by atoms with Crippen molar-refractivity contribution in [3.63, 3.8) is 0 Å². The highest BCUT2D eigenvalue weighted by molar-refractivity contribution is 5.37. The molecule has 0 spiro atoms. The Morgan fingerprint density at radius 2 is 2.11 bits per heavy atom. The van der Waals surface area contributed by atoms with Gasteiger partial charge in [-0.2, -0.15) is 13.2 Å². The quantitative estimate of drug-likeness (QED) is 0.900. The average molecular weight is 259 g/mol. The standard InChI is InChI=1S/C13H16F3NO/c1-17-12(13(14,15)16)8-9-6-7-18-11-5-3-2-4-10(9)11/h2-5,9,12,17H,6-8H2,1H3. The summed E-state index contributed by atoms with van der Waals surface area (Å²) in [7, 11) is 1.35. The Balaban J connectivity index is 2.16. The number of fused-ring (bicyclic) bond motifs is 1. The van der Waals surface area contributed by atoms with Gasteiger partial charge >= 0.3 is 6.18 Å². The molecule has 1 aliphatic heterocycles. The molecular formula is C13H16F3NO. The second-order valence-corrected chi connectivity index (χ2v) is 4.49. The van der Waals surface area contributed by atoms with Crippen LogP contribution in [0.15, 0.2) is 24.3 Å². The molecule has 2 atom stereocenters. The zero-order valence-electron chi connectivity index (χ0n) is 10.1. The smallest absolute Gasteiger partial charge is 0.403 e. The molecule has 0 saturated carbocycles. The summed E-state index contributed by atoms with van der Waals surface area (Å²) in [5.41, 5.74) is 0.883. The summed E-state index contributed by atoms with van der Waals surface area (Å²) in [6.07, 6.45) is -3.52. The molecule has 0 aliphatic carbocycles. The molecular weight excluding hydrogens is 243 g/mol. The first-order valence-corrected chi connectivity index (χ1v) is 5.98. The first-order valence-electron chi connectivity index (χ1n) is 5.98. The molecule has 0 aromatic heterocycles. The Morgan fingerprint density at radius 3 is 2.78 bits per heavy atom.